The van der Waals surface area contributed by atoms with Crippen LogP contribution in [0.1, 0.15) is 18.1 Å². The molecular formula is C15H17BrN2O. The Kier molecular flexibility index (Phi) is 5.36. The number of rotatable bonds is 6. The molecule has 0 unspecified atom stereocenters. The number of nitrogens with one attached hydrogen (secondary N) is 1. The predicted octanol–water partition coefficient (Wildman–Crippen LogP) is 3.53. The second-order valence-corrected chi connectivity index (χ2v) is 4.98. The number of ether oxygens (including phenoxy) is 1. The first-order valence-electron chi connectivity index (χ1n) is 6.32. The molecule has 0 aliphatic rings. The van der Waals surface area contributed by atoms with Crippen LogP contribution in [0.5, 0.6) is 5.88 Å². The van der Waals surface area contributed by atoms with Crippen LogP contribution in [0.4, 0.5) is 0 Å². The summed E-state index contributed by atoms with van der Waals surface area (Å²) in [5.41, 5.74) is 2.19. The fourth-order valence-electron chi connectivity index (χ4n) is 1.71. The van der Waals surface area contributed by atoms with E-state index < -0.39 is 0 Å². The van der Waals surface area contributed by atoms with Gasteiger partial charge >= 0.3 is 0 Å². The molecule has 19 heavy (non-hydrogen) atoms. The third kappa shape index (κ3) is 4.04. The standard InChI is InChI=1S/C15H17BrN2O/c1-2-17-10-12-7-5-9-18-15(12)19-11-13-6-3-4-8-14(13)16/h3-9,17H,2,10-11H2,1H3. The van der Waals surface area contributed by atoms with Crippen molar-refractivity contribution in [3.05, 3.63) is 58.2 Å². The molecule has 2 aromatic rings. The van der Waals surface area contributed by atoms with Crippen LogP contribution in [0.2, 0.25) is 0 Å². The molecule has 0 bridgehead atoms. The van der Waals surface area contributed by atoms with E-state index in [1.807, 2.05) is 36.4 Å². The van der Waals surface area contributed by atoms with Gasteiger partial charge in [-0.15, -0.1) is 0 Å². The molecule has 100 valence electrons. The van der Waals surface area contributed by atoms with Crippen LogP contribution in [0.25, 0.3) is 0 Å². The summed E-state index contributed by atoms with van der Waals surface area (Å²) < 4.78 is 6.87. The first-order chi connectivity index (χ1) is 9.31. The van der Waals surface area contributed by atoms with Crippen LogP contribution >= 0.6 is 15.9 Å². The van der Waals surface area contributed by atoms with Crippen LogP contribution in [-0.2, 0) is 13.2 Å². The van der Waals surface area contributed by atoms with Crippen molar-refractivity contribution >= 4 is 15.9 Å². The summed E-state index contributed by atoms with van der Waals surface area (Å²) in [4.78, 5) is 4.30. The van der Waals surface area contributed by atoms with Gasteiger partial charge in [-0.05, 0) is 18.7 Å². The van der Waals surface area contributed by atoms with Gasteiger partial charge in [0, 0.05) is 28.3 Å². The maximum absolute atomic E-state index is 5.82. The monoisotopic (exact) mass is 320 g/mol. The molecule has 0 fully saturated rings. The SMILES string of the molecule is CCNCc1cccnc1OCc1ccccc1Br. The fourth-order valence-corrected chi connectivity index (χ4v) is 2.11. The highest BCUT2D eigenvalue weighted by molar-refractivity contribution is 9.10. The van der Waals surface area contributed by atoms with Gasteiger partial charge in [-0.25, -0.2) is 4.98 Å². The van der Waals surface area contributed by atoms with E-state index in [1.165, 1.54) is 0 Å². The van der Waals surface area contributed by atoms with E-state index in [0.717, 1.165) is 28.7 Å². The highest BCUT2D eigenvalue weighted by Crippen LogP contribution is 2.20. The Labute approximate surface area is 122 Å². The molecule has 1 aromatic heterocycles. The number of halogens is 1. The van der Waals surface area contributed by atoms with E-state index in [2.05, 4.69) is 33.2 Å². The minimum Gasteiger partial charge on any atom is -0.473 e. The molecule has 0 radical (unpaired) electrons. The lowest BCUT2D eigenvalue weighted by Gasteiger charge is -2.11. The molecule has 1 aromatic carbocycles. The van der Waals surface area contributed by atoms with Crippen molar-refractivity contribution in [2.24, 2.45) is 0 Å². The molecule has 0 saturated heterocycles. The van der Waals surface area contributed by atoms with Crippen LogP contribution in [0.15, 0.2) is 47.1 Å². The average Bonchev–Trinajstić information content (AvgIpc) is 2.45. The topological polar surface area (TPSA) is 34.2 Å². The number of pyridine rings is 1. The van der Waals surface area contributed by atoms with Crippen molar-refractivity contribution in [3.8, 4) is 5.88 Å². The Morgan fingerprint density at radius 1 is 1.16 bits per heavy atom. The first kappa shape index (κ1) is 14.0. The lowest BCUT2D eigenvalue weighted by molar-refractivity contribution is 0.289. The molecule has 1 N–H and O–H groups in total. The largest absolute Gasteiger partial charge is 0.473 e. The molecule has 4 heteroatoms. The summed E-state index contributed by atoms with van der Waals surface area (Å²) in [5.74, 6) is 0.694. The average molecular weight is 321 g/mol. The van der Waals surface area contributed by atoms with Gasteiger partial charge in [0.05, 0.1) is 0 Å². The summed E-state index contributed by atoms with van der Waals surface area (Å²) in [5, 5.41) is 3.29. The smallest absolute Gasteiger partial charge is 0.218 e. The Morgan fingerprint density at radius 3 is 2.74 bits per heavy atom. The molecule has 1 heterocycles. The molecule has 0 saturated carbocycles. The van der Waals surface area contributed by atoms with Crippen molar-refractivity contribution in [2.45, 2.75) is 20.1 Å². The zero-order valence-electron chi connectivity index (χ0n) is 10.9. The van der Waals surface area contributed by atoms with Crippen molar-refractivity contribution in [1.29, 1.82) is 0 Å². The van der Waals surface area contributed by atoms with E-state index >= 15 is 0 Å². The number of benzene rings is 1. The molecule has 0 aliphatic carbocycles. The van der Waals surface area contributed by atoms with Gasteiger partial charge in [0.25, 0.3) is 0 Å². The number of aromatic nitrogens is 1. The number of hydrogen-bond acceptors (Lipinski definition) is 3. The van der Waals surface area contributed by atoms with E-state index in [0.29, 0.717) is 12.5 Å². The predicted molar refractivity (Wildman–Crippen MR) is 80.1 cm³/mol. The van der Waals surface area contributed by atoms with Gasteiger partial charge in [-0.1, -0.05) is 47.1 Å². The quantitative estimate of drug-likeness (QED) is 0.884. The van der Waals surface area contributed by atoms with Crippen molar-refractivity contribution < 1.29 is 4.74 Å². The lowest BCUT2D eigenvalue weighted by atomic mass is 10.2. The second kappa shape index (κ2) is 7.26. The van der Waals surface area contributed by atoms with E-state index in [4.69, 9.17) is 4.74 Å². The molecule has 0 atom stereocenters. The Hall–Kier alpha value is -1.39. The van der Waals surface area contributed by atoms with Crippen LogP contribution in [-0.4, -0.2) is 11.5 Å². The zero-order valence-corrected chi connectivity index (χ0v) is 12.5. The highest BCUT2D eigenvalue weighted by atomic mass is 79.9. The van der Waals surface area contributed by atoms with Crippen LogP contribution < -0.4 is 10.1 Å². The molecule has 3 nitrogen and oxygen atoms in total. The van der Waals surface area contributed by atoms with Gasteiger partial charge in [0.1, 0.15) is 6.61 Å². The summed E-state index contributed by atoms with van der Waals surface area (Å²) in [6.07, 6.45) is 1.75. The third-order valence-corrected chi connectivity index (χ3v) is 3.51. The molecular weight excluding hydrogens is 304 g/mol. The van der Waals surface area contributed by atoms with Crippen LogP contribution in [0, 0.1) is 0 Å². The maximum Gasteiger partial charge on any atom is 0.218 e. The summed E-state index contributed by atoms with van der Waals surface area (Å²) in [7, 11) is 0. The summed E-state index contributed by atoms with van der Waals surface area (Å²) in [6, 6.07) is 12.0. The van der Waals surface area contributed by atoms with Gasteiger partial charge < -0.3 is 10.1 Å². The third-order valence-electron chi connectivity index (χ3n) is 2.74. The molecule has 0 aliphatic heterocycles. The van der Waals surface area contributed by atoms with Crippen molar-refractivity contribution in [2.75, 3.05) is 6.54 Å². The molecule has 0 amide bonds. The zero-order chi connectivity index (χ0) is 13.5. The Balaban J connectivity index is 2.05. The van der Waals surface area contributed by atoms with Gasteiger partial charge in [-0.3, -0.25) is 0 Å². The number of hydrogen-bond donors (Lipinski definition) is 1. The fraction of sp³-hybridized carbons (Fsp3) is 0.267. The van der Waals surface area contributed by atoms with E-state index in [9.17, 15) is 0 Å². The van der Waals surface area contributed by atoms with E-state index in [1.54, 1.807) is 6.20 Å². The van der Waals surface area contributed by atoms with Gasteiger partial charge in [0.15, 0.2) is 0 Å². The Bertz CT molecular complexity index is 531. The summed E-state index contributed by atoms with van der Waals surface area (Å²) in [6.45, 7) is 4.30. The molecule has 0 spiro atoms. The Morgan fingerprint density at radius 2 is 1.95 bits per heavy atom. The van der Waals surface area contributed by atoms with Crippen molar-refractivity contribution in [1.82, 2.24) is 10.3 Å². The highest BCUT2D eigenvalue weighted by Gasteiger charge is 2.05. The van der Waals surface area contributed by atoms with Gasteiger partial charge in [0.2, 0.25) is 5.88 Å². The second-order valence-electron chi connectivity index (χ2n) is 4.13. The van der Waals surface area contributed by atoms with Crippen molar-refractivity contribution in [3.63, 3.8) is 0 Å². The lowest BCUT2D eigenvalue weighted by Crippen LogP contribution is -2.13. The number of nitrogens with zero attached hydrogens (tertiary/aromatic N) is 1. The minimum absolute atomic E-state index is 0.511. The normalized spacial score (nSPS) is 10.4. The minimum atomic E-state index is 0.511. The van der Waals surface area contributed by atoms with E-state index in [-0.39, 0.29) is 0 Å². The van der Waals surface area contributed by atoms with Crippen LogP contribution in [0.3, 0.4) is 0 Å². The first-order valence-corrected chi connectivity index (χ1v) is 7.11. The molecule has 2 rings (SSSR count). The maximum atomic E-state index is 5.82. The summed E-state index contributed by atoms with van der Waals surface area (Å²) >= 11 is 3.52. The van der Waals surface area contributed by atoms with Gasteiger partial charge in [-0.2, -0.15) is 0 Å².